The molecule has 0 aliphatic carbocycles. The van der Waals surface area contributed by atoms with E-state index in [-0.39, 0.29) is 6.54 Å². The van der Waals surface area contributed by atoms with E-state index in [4.69, 9.17) is 4.74 Å². The van der Waals surface area contributed by atoms with Crippen LogP contribution >= 0.6 is 15.9 Å². The van der Waals surface area contributed by atoms with Gasteiger partial charge in [0.2, 0.25) is 0 Å². The van der Waals surface area contributed by atoms with E-state index in [0.717, 1.165) is 10.0 Å². The number of nitrogens with one attached hydrogen (secondary N) is 2. The Kier molecular flexibility index (Phi) is 6.76. The number of amides is 2. The average molecular weight is 328 g/mol. The summed E-state index contributed by atoms with van der Waals surface area (Å²) in [7, 11) is 1.51. The second-order valence-corrected chi connectivity index (χ2v) is 4.42. The fourth-order valence-electron chi connectivity index (χ4n) is 1.15. The highest BCUT2D eigenvalue weighted by atomic mass is 79.9. The Bertz CT molecular complexity index is 477. The summed E-state index contributed by atoms with van der Waals surface area (Å²) in [5.41, 5.74) is 2.94. The van der Waals surface area contributed by atoms with Crippen molar-refractivity contribution in [3.63, 3.8) is 0 Å². The van der Waals surface area contributed by atoms with Gasteiger partial charge in [-0.25, -0.2) is 5.43 Å². The first kappa shape index (κ1) is 15.3. The molecule has 0 aliphatic rings. The molecule has 0 saturated carbocycles. The number of benzene rings is 1. The van der Waals surface area contributed by atoms with E-state index in [1.807, 2.05) is 24.3 Å². The summed E-state index contributed by atoms with van der Waals surface area (Å²) < 4.78 is 5.64. The van der Waals surface area contributed by atoms with Gasteiger partial charge in [-0.15, -0.1) is 0 Å². The quantitative estimate of drug-likeness (QED) is 0.361. The number of nitrogens with zero attached hydrogens (tertiary/aromatic N) is 1. The SMILES string of the molecule is COCCNC(=O)C(=O)NN=Cc1cccc(Br)c1. The van der Waals surface area contributed by atoms with Gasteiger partial charge >= 0.3 is 11.8 Å². The van der Waals surface area contributed by atoms with Crippen LogP contribution in [0.1, 0.15) is 5.56 Å². The maximum atomic E-state index is 11.3. The van der Waals surface area contributed by atoms with E-state index in [9.17, 15) is 9.59 Å². The van der Waals surface area contributed by atoms with E-state index >= 15 is 0 Å². The molecule has 0 heterocycles. The van der Waals surface area contributed by atoms with Gasteiger partial charge in [0.25, 0.3) is 0 Å². The van der Waals surface area contributed by atoms with Crippen LogP contribution < -0.4 is 10.7 Å². The maximum Gasteiger partial charge on any atom is 0.329 e. The highest BCUT2D eigenvalue weighted by molar-refractivity contribution is 9.10. The molecule has 19 heavy (non-hydrogen) atoms. The number of carbonyl (C=O) groups excluding carboxylic acids is 2. The number of carbonyl (C=O) groups is 2. The van der Waals surface area contributed by atoms with Gasteiger partial charge in [0.1, 0.15) is 0 Å². The molecule has 0 saturated heterocycles. The van der Waals surface area contributed by atoms with Crippen LogP contribution in [0.4, 0.5) is 0 Å². The van der Waals surface area contributed by atoms with Crippen LogP contribution in [0.15, 0.2) is 33.8 Å². The summed E-state index contributed by atoms with van der Waals surface area (Å²) in [6.07, 6.45) is 1.45. The molecule has 0 aliphatic heterocycles. The topological polar surface area (TPSA) is 79.8 Å². The third kappa shape index (κ3) is 6.12. The fourth-order valence-corrected chi connectivity index (χ4v) is 1.57. The number of hydrogen-bond acceptors (Lipinski definition) is 4. The van der Waals surface area contributed by atoms with Gasteiger partial charge in [0.15, 0.2) is 0 Å². The number of methoxy groups -OCH3 is 1. The first-order valence-electron chi connectivity index (χ1n) is 5.49. The summed E-state index contributed by atoms with van der Waals surface area (Å²) in [6.45, 7) is 0.623. The molecule has 1 rings (SSSR count). The molecular formula is C12H14BrN3O3. The molecule has 2 amide bonds. The van der Waals surface area contributed by atoms with Crippen molar-refractivity contribution in [2.45, 2.75) is 0 Å². The van der Waals surface area contributed by atoms with Crippen molar-refractivity contribution in [2.75, 3.05) is 20.3 Å². The van der Waals surface area contributed by atoms with E-state index in [0.29, 0.717) is 6.61 Å². The Balaban J connectivity index is 2.39. The third-order valence-electron chi connectivity index (χ3n) is 2.03. The summed E-state index contributed by atoms with van der Waals surface area (Å²) in [6, 6.07) is 7.36. The van der Waals surface area contributed by atoms with E-state index in [2.05, 4.69) is 31.8 Å². The number of hydrazone groups is 1. The highest BCUT2D eigenvalue weighted by Gasteiger charge is 2.10. The smallest absolute Gasteiger partial charge is 0.329 e. The maximum absolute atomic E-state index is 11.3. The van der Waals surface area contributed by atoms with Gasteiger partial charge in [-0.05, 0) is 17.7 Å². The van der Waals surface area contributed by atoms with E-state index in [1.54, 1.807) is 0 Å². The molecule has 102 valence electrons. The van der Waals surface area contributed by atoms with Crippen molar-refractivity contribution in [3.05, 3.63) is 34.3 Å². The van der Waals surface area contributed by atoms with Crippen LogP contribution in [0, 0.1) is 0 Å². The lowest BCUT2D eigenvalue weighted by atomic mass is 10.2. The molecule has 0 radical (unpaired) electrons. The van der Waals surface area contributed by atoms with Gasteiger partial charge in [0, 0.05) is 18.1 Å². The normalized spacial score (nSPS) is 10.4. The zero-order valence-corrected chi connectivity index (χ0v) is 11.9. The summed E-state index contributed by atoms with van der Waals surface area (Å²) in [4.78, 5) is 22.6. The monoisotopic (exact) mass is 327 g/mol. The van der Waals surface area contributed by atoms with Gasteiger partial charge in [-0.2, -0.15) is 5.10 Å². The second-order valence-electron chi connectivity index (χ2n) is 3.50. The Morgan fingerprint density at radius 3 is 2.89 bits per heavy atom. The van der Waals surface area contributed by atoms with E-state index in [1.165, 1.54) is 13.3 Å². The molecule has 0 aromatic heterocycles. The van der Waals surface area contributed by atoms with Crippen LogP contribution in [-0.4, -0.2) is 38.3 Å². The number of rotatable bonds is 5. The molecule has 0 fully saturated rings. The molecule has 6 nitrogen and oxygen atoms in total. The minimum absolute atomic E-state index is 0.276. The fraction of sp³-hybridized carbons (Fsp3) is 0.250. The summed E-state index contributed by atoms with van der Waals surface area (Å²) in [5.74, 6) is -1.56. The van der Waals surface area contributed by atoms with Gasteiger partial charge in [0.05, 0.1) is 12.8 Å². The zero-order chi connectivity index (χ0) is 14.1. The van der Waals surface area contributed by atoms with Crippen molar-refractivity contribution in [2.24, 2.45) is 5.10 Å². The van der Waals surface area contributed by atoms with Crippen LogP contribution in [0.2, 0.25) is 0 Å². The van der Waals surface area contributed by atoms with Crippen LogP contribution in [0.5, 0.6) is 0 Å². The van der Waals surface area contributed by atoms with Gasteiger partial charge < -0.3 is 10.1 Å². The number of ether oxygens (including phenoxy) is 1. The Labute approximate surface area is 119 Å². The van der Waals surface area contributed by atoms with Crippen molar-refractivity contribution in [1.82, 2.24) is 10.7 Å². The lowest BCUT2D eigenvalue weighted by Crippen LogP contribution is -2.39. The first-order chi connectivity index (χ1) is 9.13. The third-order valence-corrected chi connectivity index (χ3v) is 2.52. The molecule has 0 unspecified atom stereocenters. The standard InChI is InChI=1S/C12H14BrN3O3/c1-19-6-5-14-11(17)12(18)16-15-8-9-3-2-4-10(13)7-9/h2-4,7-8H,5-6H2,1H3,(H,14,17)(H,16,18). The molecule has 2 N–H and O–H groups in total. The summed E-state index contributed by atoms with van der Waals surface area (Å²) >= 11 is 3.32. The molecule has 1 aromatic rings. The minimum atomic E-state index is -0.817. The second kappa shape index (κ2) is 8.39. The molecule has 0 spiro atoms. The minimum Gasteiger partial charge on any atom is -0.383 e. The Morgan fingerprint density at radius 1 is 1.42 bits per heavy atom. The molecular weight excluding hydrogens is 314 g/mol. The van der Waals surface area contributed by atoms with Crippen LogP contribution in [0.25, 0.3) is 0 Å². The summed E-state index contributed by atoms with van der Waals surface area (Å²) in [5, 5.41) is 6.08. The van der Waals surface area contributed by atoms with Crippen molar-refractivity contribution in [3.8, 4) is 0 Å². The Hall–Kier alpha value is -1.73. The van der Waals surface area contributed by atoms with E-state index < -0.39 is 11.8 Å². The average Bonchev–Trinajstić information content (AvgIpc) is 2.39. The molecule has 0 bridgehead atoms. The zero-order valence-electron chi connectivity index (χ0n) is 10.4. The highest BCUT2D eigenvalue weighted by Crippen LogP contribution is 2.09. The lowest BCUT2D eigenvalue weighted by Gasteiger charge is -2.02. The predicted octanol–water partition coefficient (Wildman–Crippen LogP) is 0.662. The molecule has 0 atom stereocenters. The molecule has 1 aromatic carbocycles. The van der Waals surface area contributed by atoms with Crippen LogP contribution in [-0.2, 0) is 14.3 Å². The number of hydrogen-bond donors (Lipinski definition) is 2. The largest absolute Gasteiger partial charge is 0.383 e. The lowest BCUT2D eigenvalue weighted by molar-refractivity contribution is -0.139. The predicted molar refractivity (Wildman–Crippen MR) is 74.8 cm³/mol. The van der Waals surface area contributed by atoms with Crippen molar-refractivity contribution in [1.29, 1.82) is 0 Å². The number of halogens is 1. The van der Waals surface area contributed by atoms with Gasteiger partial charge in [-0.1, -0.05) is 28.1 Å². The van der Waals surface area contributed by atoms with Crippen LogP contribution in [0.3, 0.4) is 0 Å². The van der Waals surface area contributed by atoms with Gasteiger partial charge in [-0.3, -0.25) is 9.59 Å². The first-order valence-corrected chi connectivity index (χ1v) is 6.28. The van der Waals surface area contributed by atoms with Crippen molar-refractivity contribution >= 4 is 34.0 Å². The molecule has 7 heteroatoms. The van der Waals surface area contributed by atoms with Crippen molar-refractivity contribution < 1.29 is 14.3 Å². The Morgan fingerprint density at radius 2 is 2.21 bits per heavy atom.